The number of ketones is 2. The van der Waals surface area contributed by atoms with E-state index < -0.39 is 5.41 Å². The Morgan fingerprint density at radius 3 is 1.16 bits per heavy atom. The first-order chi connectivity index (χ1) is 11.4. The lowest BCUT2D eigenvalue weighted by molar-refractivity contribution is -0.139. The van der Waals surface area contributed by atoms with Crippen LogP contribution in [0.1, 0.15) is 92.9 Å². The number of hydrogen-bond acceptors (Lipinski definition) is 4. The van der Waals surface area contributed by atoms with E-state index in [4.69, 9.17) is 0 Å². The molecule has 0 bridgehead atoms. The summed E-state index contributed by atoms with van der Waals surface area (Å²) in [6.45, 7) is 11.5. The van der Waals surface area contributed by atoms with Gasteiger partial charge in [0.2, 0.25) is 0 Å². The molecule has 0 spiro atoms. The van der Waals surface area contributed by atoms with Crippen molar-refractivity contribution in [3.8, 4) is 0 Å². The van der Waals surface area contributed by atoms with Crippen molar-refractivity contribution in [2.75, 3.05) is 13.2 Å². The van der Waals surface area contributed by atoms with Gasteiger partial charge in [-0.2, -0.15) is 0 Å². The number of hydrogen-bond donors (Lipinski definition) is 2. The second kappa shape index (κ2) is 10.4. The third kappa shape index (κ3) is 8.46. The molecule has 0 saturated heterocycles. The Balaban J connectivity index is 4.70. The molecule has 0 saturated carbocycles. The Kier molecular flexibility index (Phi) is 10.1. The van der Waals surface area contributed by atoms with Crippen LogP contribution in [0.5, 0.6) is 0 Å². The summed E-state index contributed by atoms with van der Waals surface area (Å²) < 4.78 is 0. The first-order valence-corrected chi connectivity index (χ1v) is 9.66. The van der Waals surface area contributed by atoms with E-state index in [0.717, 1.165) is 38.5 Å². The van der Waals surface area contributed by atoms with E-state index in [0.29, 0.717) is 12.8 Å². The molecule has 0 aliphatic heterocycles. The summed E-state index contributed by atoms with van der Waals surface area (Å²) in [5, 5.41) is 18.7. The fourth-order valence-corrected chi connectivity index (χ4v) is 3.30. The minimum atomic E-state index is -0.854. The number of aliphatic hydroxyl groups excluding tert-OH is 2. The Labute approximate surface area is 154 Å². The van der Waals surface area contributed by atoms with E-state index in [-0.39, 0.29) is 35.6 Å². The summed E-state index contributed by atoms with van der Waals surface area (Å²) in [7, 11) is 0. The number of carbonyl (C=O) groups excluding carboxylic acids is 2. The molecule has 0 unspecified atom stereocenters. The third-order valence-corrected chi connectivity index (χ3v) is 5.62. The molecule has 0 aromatic carbocycles. The van der Waals surface area contributed by atoms with Gasteiger partial charge < -0.3 is 10.2 Å². The monoisotopic (exact) mass is 356 g/mol. The Hall–Kier alpha value is -0.740. The van der Waals surface area contributed by atoms with E-state index in [1.54, 1.807) is 0 Å². The smallest absolute Gasteiger partial charge is 0.143 e. The second-order valence-electron chi connectivity index (χ2n) is 9.25. The Bertz CT molecular complexity index is 384. The maximum absolute atomic E-state index is 12.3. The molecular formula is C21H40O4. The third-order valence-electron chi connectivity index (χ3n) is 5.62. The van der Waals surface area contributed by atoms with Gasteiger partial charge >= 0.3 is 0 Å². The van der Waals surface area contributed by atoms with Gasteiger partial charge in [0.05, 0.1) is 5.41 Å². The standard InChI is InChI=1S/C21H40O4/c1-17(24)21(18(2)25,13-9-7-11-19(3,4)15-22)14-10-8-12-20(5,6)16-23/h22-23H,7-16H2,1-6H3. The molecule has 4 nitrogen and oxygen atoms in total. The summed E-state index contributed by atoms with van der Waals surface area (Å²) in [5.41, 5.74) is -1.07. The molecule has 0 radical (unpaired) electrons. The van der Waals surface area contributed by atoms with Crippen molar-refractivity contribution in [2.45, 2.75) is 92.9 Å². The van der Waals surface area contributed by atoms with Crippen LogP contribution in [-0.2, 0) is 9.59 Å². The molecular weight excluding hydrogens is 316 g/mol. The predicted octanol–water partition coefficient (Wildman–Crippen LogP) is 4.31. The maximum Gasteiger partial charge on any atom is 0.143 e. The number of unbranched alkanes of at least 4 members (excludes halogenated alkanes) is 2. The van der Waals surface area contributed by atoms with Crippen LogP contribution in [0.15, 0.2) is 0 Å². The molecule has 0 heterocycles. The molecule has 2 N–H and O–H groups in total. The Morgan fingerprint density at radius 2 is 0.920 bits per heavy atom. The normalized spacial score (nSPS) is 13.1. The zero-order chi connectivity index (χ0) is 19.7. The number of rotatable bonds is 14. The van der Waals surface area contributed by atoms with Gasteiger partial charge in [0.25, 0.3) is 0 Å². The molecule has 0 fully saturated rings. The highest BCUT2D eigenvalue weighted by Gasteiger charge is 2.39. The lowest BCUT2D eigenvalue weighted by atomic mass is 9.71. The van der Waals surface area contributed by atoms with Gasteiger partial charge in [-0.3, -0.25) is 9.59 Å². The van der Waals surface area contributed by atoms with Crippen LogP contribution in [0.2, 0.25) is 0 Å². The number of carbonyl (C=O) groups is 2. The minimum Gasteiger partial charge on any atom is -0.396 e. The van der Waals surface area contributed by atoms with Gasteiger partial charge in [-0.05, 0) is 50.4 Å². The quantitative estimate of drug-likeness (QED) is 0.359. The lowest BCUT2D eigenvalue weighted by Crippen LogP contribution is -2.36. The van der Waals surface area contributed by atoms with Gasteiger partial charge in [0.1, 0.15) is 11.6 Å². The summed E-state index contributed by atoms with van der Waals surface area (Å²) in [6.07, 6.45) is 6.45. The average Bonchev–Trinajstić information content (AvgIpc) is 2.52. The molecule has 4 heteroatoms. The molecule has 0 aliphatic rings. The van der Waals surface area contributed by atoms with Crippen molar-refractivity contribution in [1.29, 1.82) is 0 Å². The molecule has 0 aromatic rings. The van der Waals surface area contributed by atoms with Crippen LogP contribution in [-0.4, -0.2) is 35.0 Å². The molecule has 0 aromatic heterocycles. The fourth-order valence-electron chi connectivity index (χ4n) is 3.30. The fraction of sp³-hybridized carbons (Fsp3) is 0.905. The molecule has 0 rings (SSSR count). The van der Waals surface area contributed by atoms with Crippen molar-refractivity contribution >= 4 is 11.6 Å². The summed E-state index contributed by atoms with van der Waals surface area (Å²) >= 11 is 0. The zero-order valence-corrected chi connectivity index (χ0v) is 17.3. The predicted molar refractivity (Wildman–Crippen MR) is 102 cm³/mol. The highest BCUT2D eigenvalue weighted by Crippen LogP contribution is 2.36. The van der Waals surface area contributed by atoms with Crippen LogP contribution in [0.3, 0.4) is 0 Å². The summed E-state index contributed by atoms with van der Waals surface area (Å²) in [4.78, 5) is 24.6. The topological polar surface area (TPSA) is 74.6 Å². The second-order valence-corrected chi connectivity index (χ2v) is 9.25. The summed E-state index contributed by atoms with van der Waals surface area (Å²) in [6, 6.07) is 0. The molecule has 0 atom stereocenters. The minimum absolute atomic E-state index is 0.0252. The average molecular weight is 357 g/mol. The van der Waals surface area contributed by atoms with Crippen molar-refractivity contribution in [3.63, 3.8) is 0 Å². The largest absolute Gasteiger partial charge is 0.396 e. The molecule has 0 amide bonds. The van der Waals surface area contributed by atoms with Gasteiger partial charge in [0.15, 0.2) is 0 Å². The first kappa shape index (κ1) is 24.3. The van der Waals surface area contributed by atoms with Crippen LogP contribution in [0.25, 0.3) is 0 Å². The van der Waals surface area contributed by atoms with Crippen molar-refractivity contribution < 1.29 is 19.8 Å². The molecule has 148 valence electrons. The van der Waals surface area contributed by atoms with E-state index in [1.807, 2.05) is 27.7 Å². The SMILES string of the molecule is CC(=O)C(CCCCC(C)(C)CO)(CCCCC(C)(C)CO)C(C)=O. The zero-order valence-electron chi connectivity index (χ0n) is 17.3. The van der Waals surface area contributed by atoms with Crippen molar-refractivity contribution in [2.24, 2.45) is 16.2 Å². The highest BCUT2D eigenvalue weighted by molar-refractivity contribution is 6.04. The van der Waals surface area contributed by atoms with Crippen LogP contribution >= 0.6 is 0 Å². The highest BCUT2D eigenvalue weighted by atomic mass is 16.3. The van der Waals surface area contributed by atoms with Crippen LogP contribution in [0.4, 0.5) is 0 Å². The van der Waals surface area contributed by atoms with Crippen LogP contribution < -0.4 is 0 Å². The van der Waals surface area contributed by atoms with Gasteiger partial charge in [-0.25, -0.2) is 0 Å². The van der Waals surface area contributed by atoms with E-state index in [2.05, 4.69) is 0 Å². The summed E-state index contributed by atoms with van der Waals surface area (Å²) in [5.74, 6) is -0.0503. The number of Topliss-reactive ketones (excluding diaryl/α,β-unsaturated/α-hetero) is 2. The Morgan fingerprint density at radius 1 is 0.640 bits per heavy atom. The molecule has 25 heavy (non-hydrogen) atoms. The maximum atomic E-state index is 12.3. The molecule has 0 aliphatic carbocycles. The van der Waals surface area contributed by atoms with Gasteiger partial charge in [-0.15, -0.1) is 0 Å². The van der Waals surface area contributed by atoms with Crippen molar-refractivity contribution in [1.82, 2.24) is 0 Å². The van der Waals surface area contributed by atoms with Gasteiger partial charge in [-0.1, -0.05) is 53.4 Å². The van der Waals surface area contributed by atoms with E-state index in [1.165, 1.54) is 13.8 Å². The van der Waals surface area contributed by atoms with Crippen LogP contribution in [0, 0.1) is 16.2 Å². The van der Waals surface area contributed by atoms with Crippen molar-refractivity contribution in [3.05, 3.63) is 0 Å². The van der Waals surface area contributed by atoms with E-state index >= 15 is 0 Å². The first-order valence-electron chi connectivity index (χ1n) is 9.66. The lowest BCUT2D eigenvalue weighted by Gasteiger charge is -2.30. The number of aliphatic hydroxyl groups is 2. The van der Waals surface area contributed by atoms with Gasteiger partial charge in [0, 0.05) is 13.2 Å². The van der Waals surface area contributed by atoms with E-state index in [9.17, 15) is 19.8 Å².